The molecule has 0 saturated heterocycles. The highest BCUT2D eigenvalue weighted by Gasteiger charge is 2.34. The number of rotatable bonds is 6. The van der Waals surface area contributed by atoms with Gasteiger partial charge >= 0.3 is 0 Å². The molecule has 0 aromatic heterocycles. The van der Waals surface area contributed by atoms with Crippen LogP contribution in [0.1, 0.15) is 38.8 Å². The fourth-order valence-corrected chi connectivity index (χ4v) is 2.58. The molecule has 20 heavy (non-hydrogen) atoms. The third-order valence-electron chi connectivity index (χ3n) is 3.85. The average Bonchev–Trinajstić information content (AvgIpc) is 2.48. The molecule has 0 saturated carbocycles. The van der Waals surface area contributed by atoms with Crippen molar-refractivity contribution in [2.75, 3.05) is 19.8 Å². The fourth-order valence-electron chi connectivity index (χ4n) is 2.58. The van der Waals surface area contributed by atoms with Crippen LogP contribution in [0.4, 0.5) is 0 Å². The number of hydrogen-bond acceptors (Lipinski definition) is 5. The summed E-state index contributed by atoms with van der Waals surface area (Å²) in [5, 5.41) is 0. The van der Waals surface area contributed by atoms with E-state index in [4.69, 9.17) is 20.1 Å². The first-order valence-electron chi connectivity index (χ1n) is 7.14. The van der Waals surface area contributed by atoms with Gasteiger partial charge in [-0.3, -0.25) is 11.3 Å². The maximum atomic E-state index is 5.92. The smallest absolute Gasteiger partial charge is 0.161 e. The zero-order valence-corrected chi connectivity index (χ0v) is 12.4. The lowest BCUT2D eigenvalue weighted by atomic mass is 9.88. The maximum absolute atomic E-state index is 5.92. The van der Waals surface area contributed by atoms with E-state index in [-0.39, 0.29) is 11.6 Å². The number of nitrogens with one attached hydrogen (secondary N) is 1. The summed E-state index contributed by atoms with van der Waals surface area (Å²) in [6.07, 6.45) is 0.851. The highest BCUT2D eigenvalue weighted by Crippen LogP contribution is 2.37. The van der Waals surface area contributed by atoms with Gasteiger partial charge in [0, 0.05) is 6.61 Å². The SMILES string of the molecule is CCOC(C)(CC)C(NN)c1ccc2c(c1)OCCO2. The van der Waals surface area contributed by atoms with Crippen LogP contribution in [-0.4, -0.2) is 25.4 Å². The molecular formula is C15H24N2O3. The van der Waals surface area contributed by atoms with Crippen LogP contribution < -0.4 is 20.7 Å². The molecule has 2 atom stereocenters. The lowest BCUT2D eigenvalue weighted by Gasteiger charge is -2.37. The molecular weight excluding hydrogens is 256 g/mol. The zero-order chi connectivity index (χ0) is 14.6. The third-order valence-corrected chi connectivity index (χ3v) is 3.85. The quantitative estimate of drug-likeness (QED) is 0.617. The van der Waals surface area contributed by atoms with Crippen LogP contribution in [0.5, 0.6) is 11.5 Å². The van der Waals surface area contributed by atoms with Gasteiger partial charge < -0.3 is 14.2 Å². The number of fused-ring (bicyclic) bond motifs is 1. The summed E-state index contributed by atoms with van der Waals surface area (Å²) in [5.41, 5.74) is 3.55. The van der Waals surface area contributed by atoms with Crippen molar-refractivity contribution in [3.8, 4) is 11.5 Å². The first-order chi connectivity index (χ1) is 9.64. The van der Waals surface area contributed by atoms with E-state index in [0.29, 0.717) is 19.8 Å². The van der Waals surface area contributed by atoms with Crippen LogP contribution in [0, 0.1) is 0 Å². The van der Waals surface area contributed by atoms with Gasteiger partial charge in [-0.1, -0.05) is 13.0 Å². The molecule has 0 spiro atoms. The molecule has 0 radical (unpaired) electrons. The molecule has 5 nitrogen and oxygen atoms in total. The third kappa shape index (κ3) is 2.90. The van der Waals surface area contributed by atoms with Crippen molar-refractivity contribution in [1.29, 1.82) is 0 Å². The minimum absolute atomic E-state index is 0.108. The van der Waals surface area contributed by atoms with Crippen molar-refractivity contribution in [3.63, 3.8) is 0 Å². The Balaban J connectivity index is 2.31. The normalized spacial score (nSPS) is 18.4. The van der Waals surface area contributed by atoms with Crippen LogP contribution >= 0.6 is 0 Å². The van der Waals surface area contributed by atoms with E-state index in [9.17, 15) is 0 Å². The molecule has 1 heterocycles. The second kappa shape index (κ2) is 6.43. The van der Waals surface area contributed by atoms with Gasteiger partial charge in [-0.15, -0.1) is 0 Å². The van der Waals surface area contributed by atoms with Crippen LogP contribution in [-0.2, 0) is 4.74 Å². The summed E-state index contributed by atoms with van der Waals surface area (Å²) in [5.74, 6) is 7.32. The van der Waals surface area contributed by atoms with E-state index in [1.165, 1.54) is 0 Å². The number of nitrogens with two attached hydrogens (primary N) is 1. The van der Waals surface area contributed by atoms with E-state index in [1.54, 1.807) is 0 Å². The molecule has 1 aliphatic rings. The molecule has 2 rings (SSSR count). The summed E-state index contributed by atoms with van der Waals surface area (Å²) in [6, 6.07) is 5.80. The minimum atomic E-state index is -0.368. The first-order valence-corrected chi connectivity index (χ1v) is 7.14. The Morgan fingerprint density at radius 1 is 1.30 bits per heavy atom. The van der Waals surface area contributed by atoms with Crippen molar-refractivity contribution in [2.24, 2.45) is 5.84 Å². The van der Waals surface area contributed by atoms with Crippen molar-refractivity contribution in [3.05, 3.63) is 23.8 Å². The van der Waals surface area contributed by atoms with Gasteiger partial charge in [-0.05, 0) is 38.0 Å². The van der Waals surface area contributed by atoms with Crippen molar-refractivity contribution in [2.45, 2.75) is 38.8 Å². The minimum Gasteiger partial charge on any atom is -0.486 e. The van der Waals surface area contributed by atoms with E-state index in [0.717, 1.165) is 23.5 Å². The number of ether oxygens (including phenoxy) is 3. The Kier molecular flexibility index (Phi) is 4.86. The largest absolute Gasteiger partial charge is 0.486 e. The number of hydrogen-bond donors (Lipinski definition) is 2. The lowest BCUT2D eigenvalue weighted by Crippen LogP contribution is -2.46. The molecule has 1 aromatic carbocycles. The van der Waals surface area contributed by atoms with Gasteiger partial charge in [-0.2, -0.15) is 0 Å². The van der Waals surface area contributed by atoms with Gasteiger partial charge in [0.05, 0.1) is 11.6 Å². The van der Waals surface area contributed by atoms with Crippen LogP contribution in [0.2, 0.25) is 0 Å². The highest BCUT2D eigenvalue weighted by atomic mass is 16.6. The Hall–Kier alpha value is -1.30. The summed E-state index contributed by atoms with van der Waals surface area (Å²) >= 11 is 0. The molecule has 112 valence electrons. The summed E-state index contributed by atoms with van der Waals surface area (Å²) < 4.78 is 17.1. The Morgan fingerprint density at radius 2 is 2.00 bits per heavy atom. The lowest BCUT2D eigenvalue weighted by molar-refractivity contribution is -0.0564. The van der Waals surface area contributed by atoms with Crippen LogP contribution in [0.15, 0.2) is 18.2 Å². The maximum Gasteiger partial charge on any atom is 0.161 e. The van der Waals surface area contributed by atoms with Crippen LogP contribution in [0.3, 0.4) is 0 Å². The Bertz CT molecular complexity index is 453. The number of hydrazine groups is 1. The second-order valence-corrected chi connectivity index (χ2v) is 5.10. The monoisotopic (exact) mass is 280 g/mol. The topological polar surface area (TPSA) is 65.7 Å². The van der Waals surface area contributed by atoms with Gasteiger partial charge in [0.2, 0.25) is 0 Å². The molecule has 5 heteroatoms. The standard InChI is InChI=1S/C15H24N2O3/c1-4-15(3,20-5-2)14(17-16)11-6-7-12-13(10-11)19-9-8-18-12/h6-7,10,14,17H,4-5,8-9,16H2,1-3H3. The second-order valence-electron chi connectivity index (χ2n) is 5.10. The van der Waals surface area contributed by atoms with Gasteiger partial charge in [-0.25, -0.2) is 0 Å². The van der Waals surface area contributed by atoms with Crippen molar-refractivity contribution < 1.29 is 14.2 Å². The number of benzene rings is 1. The molecule has 1 aliphatic heterocycles. The van der Waals surface area contributed by atoms with E-state index in [2.05, 4.69) is 19.3 Å². The van der Waals surface area contributed by atoms with E-state index in [1.807, 2.05) is 25.1 Å². The first kappa shape index (κ1) is 15.1. The van der Waals surface area contributed by atoms with E-state index >= 15 is 0 Å². The Labute approximate surface area is 120 Å². The van der Waals surface area contributed by atoms with Crippen molar-refractivity contribution in [1.82, 2.24) is 5.43 Å². The van der Waals surface area contributed by atoms with Crippen molar-refractivity contribution >= 4 is 0 Å². The average molecular weight is 280 g/mol. The molecule has 0 aliphatic carbocycles. The zero-order valence-electron chi connectivity index (χ0n) is 12.4. The van der Waals surface area contributed by atoms with Gasteiger partial charge in [0.15, 0.2) is 11.5 Å². The van der Waals surface area contributed by atoms with Gasteiger partial charge in [0.25, 0.3) is 0 Å². The van der Waals surface area contributed by atoms with Gasteiger partial charge in [0.1, 0.15) is 13.2 Å². The predicted molar refractivity (Wildman–Crippen MR) is 77.8 cm³/mol. The summed E-state index contributed by atoms with van der Waals surface area (Å²) in [4.78, 5) is 0. The van der Waals surface area contributed by atoms with E-state index < -0.39 is 0 Å². The summed E-state index contributed by atoms with van der Waals surface area (Å²) in [6.45, 7) is 7.97. The molecule has 0 amide bonds. The molecule has 0 bridgehead atoms. The molecule has 0 fully saturated rings. The molecule has 1 aromatic rings. The predicted octanol–water partition coefficient (Wildman–Crippen LogP) is 2.17. The molecule has 2 unspecified atom stereocenters. The summed E-state index contributed by atoms with van der Waals surface area (Å²) in [7, 11) is 0. The molecule has 3 N–H and O–H groups in total. The van der Waals surface area contributed by atoms with Crippen LogP contribution in [0.25, 0.3) is 0 Å². The Morgan fingerprint density at radius 3 is 2.60 bits per heavy atom. The fraction of sp³-hybridized carbons (Fsp3) is 0.600. The highest BCUT2D eigenvalue weighted by molar-refractivity contribution is 5.45.